The Bertz CT molecular complexity index is 657. The number of nitrogens with one attached hydrogen (secondary N) is 1. The van der Waals surface area contributed by atoms with Crippen molar-refractivity contribution in [2.75, 3.05) is 16.8 Å². The van der Waals surface area contributed by atoms with Crippen LogP contribution in [0.25, 0.3) is 0 Å². The fourth-order valence-corrected chi connectivity index (χ4v) is 2.50. The molecule has 20 heavy (non-hydrogen) atoms. The second kappa shape index (κ2) is 6.49. The molecule has 1 aromatic carbocycles. The summed E-state index contributed by atoms with van der Waals surface area (Å²) in [6.07, 6.45) is 1.18. The molecule has 0 saturated carbocycles. The van der Waals surface area contributed by atoms with E-state index in [9.17, 15) is 23.3 Å². The number of rotatable bonds is 6. The highest BCUT2D eigenvalue weighted by atomic mass is 35.5. The normalized spacial score (nSPS) is 10.8. The first kappa shape index (κ1) is 16.1. The first-order valence-corrected chi connectivity index (χ1v) is 7.50. The molecule has 1 aromatic rings. The second-order valence-electron chi connectivity index (χ2n) is 3.81. The van der Waals surface area contributed by atoms with E-state index in [1.54, 1.807) is 0 Å². The Morgan fingerprint density at radius 2 is 2.15 bits per heavy atom. The predicted octanol–water partition coefficient (Wildman–Crippen LogP) is 1.79. The van der Waals surface area contributed by atoms with Gasteiger partial charge in [0.05, 0.1) is 10.7 Å². The van der Waals surface area contributed by atoms with E-state index in [4.69, 9.17) is 11.6 Å². The van der Waals surface area contributed by atoms with Crippen molar-refractivity contribution in [2.45, 2.75) is 0 Å². The number of sulfone groups is 1. The first-order chi connectivity index (χ1) is 9.25. The molecule has 0 aliphatic carbocycles. The van der Waals surface area contributed by atoms with Crippen LogP contribution in [-0.2, 0) is 14.6 Å². The van der Waals surface area contributed by atoms with Gasteiger partial charge in [0.1, 0.15) is 10.8 Å². The van der Waals surface area contributed by atoms with Crippen molar-refractivity contribution in [2.24, 2.45) is 0 Å². The summed E-state index contributed by atoms with van der Waals surface area (Å²) in [5, 5.41) is 12.9. The molecule has 9 heteroatoms. The van der Waals surface area contributed by atoms with Gasteiger partial charge < -0.3 is 5.32 Å². The molecule has 0 fully saturated rings. The number of amides is 1. The smallest absolute Gasteiger partial charge is 0.289 e. The number of nitro benzene ring substituents is 1. The quantitative estimate of drug-likeness (QED) is 0.489. The third-order valence-electron chi connectivity index (χ3n) is 2.15. The molecule has 0 unspecified atom stereocenters. The molecule has 0 heterocycles. The summed E-state index contributed by atoms with van der Waals surface area (Å²) in [4.78, 5) is 21.5. The van der Waals surface area contributed by atoms with Crippen LogP contribution in [0.3, 0.4) is 0 Å². The first-order valence-electron chi connectivity index (χ1n) is 5.30. The van der Waals surface area contributed by atoms with Crippen LogP contribution >= 0.6 is 11.6 Å². The lowest BCUT2D eigenvalue weighted by atomic mass is 10.3. The van der Waals surface area contributed by atoms with Gasteiger partial charge in [-0.2, -0.15) is 0 Å². The van der Waals surface area contributed by atoms with Crippen molar-refractivity contribution in [1.82, 2.24) is 0 Å². The summed E-state index contributed by atoms with van der Waals surface area (Å²) in [6, 6.07) is 3.64. The molecule has 108 valence electrons. The van der Waals surface area contributed by atoms with Crippen LogP contribution in [-0.4, -0.2) is 30.8 Å². The van der Waals surface area contributed by atoms with Gasteiger partial charge in [0.15, 0.2) is 9.84 Å². The number of hydrogen-bond acceptors (Lipinski definition) is 5. The average molecular weight is 319 g/mol. The van der Waals surface area contributed by atoms with Crippen LogP contribution in [0, 0.1) is 10.1 Å². The highest BCUT2D eigenvalue weighted by Gasteiger charge is 2.17. The van der Waals surface area contributed by atoms with Crippen molar-refractivity contribution in [3.63, 3.8) is 0 Å². The Morgan fingerprint density at radius 3 is 2.70 bits per heavy atom. The van der Waals surface area contributed by atoms with Gasteiger partial charge in [0.25, 0.3) is 5.69 Å². The highest BCUT2D eigenvalue weighted by Crippen LogP contribution is 2.27. The van der Waals surface area contributed by atoms with Gasteiger partial charge in [-0.05, 0) is 12.1 Å². The highest BCUT2D eigenvalue weighted by molar-refractivity contribution is 7.92. The van der Waals surface area contributed by atoms with E-state index in [0.29, 0.717) is 0 Å². The molecule has 0 aromatic heterocycles. The zero-order chi connectivity index (χ0) is 15.3. The molecule has 0 saturated heterocycles. The summed E-state index contributed by atoms with van der Waals surface area (Å²) >= 11 is 5.61. The molecule has 0 aliphatic heterocycles. The van der Waals surface area contributed by atoms with Gasteiger partial charge in [-0.1, -0.05) is 17.7 Å². The fraction of sp³-hybridized carbons (Fsp3) is 0.182. The standard InChI is InChI=1S/C11H11ClN2O5S/c1-2-5-20(18,19)7-11(15)13-8-3-4-9(12)10(6-8)14(16)17/h2-4,6H,1,5,7H2,(H,13,15). The number of carbonyl (C=O) groups excluding carboxylic acids is 1. The van der Waals surface area contributed by atoms with E-state index in [1.165, 1.54) is 18.2 Å². The largest absolute Gasteiger partial charge is 0.325 e. The second-order valence-corrected chi connectivity index (χ2v) is 6.33. The van der Waals surface area contributed by atoms with Crippen molar-refractivity contribution < 1.29 is 18.1 Å². The maximum absolute atomic E-state index is 11.5. The maximum atomic E-state index is 11.5. The zero-order valence-electron chi connectivity index (χ0n) is 10.2. The van der Waals surface area contributed by atoms with Crippen molar-refractivity contribution in [3.05, 3.63) is 46.0 Å². The molecule has 1 amide bonds. The Kier molecular flexibility index (Phi) is 5.23. The van der Waals surface area contributed by atoms with Crippen LogP contribution in [0.2, 0.25) is 5.02 Å². The summed E-state index contributed by atoms with van der Waals surface area (Å²) in [5.41, 5.74) is -0.279. The van der Waals surface area contributed by atoms with Gasteiger partial charge in [-0.3, -0.25) is 14.9 Å². The topological polar surface area (TPSA) is 106 Å². The Labute approximate surface area is 120 Å². The van der Waals surface area contributed by atoms with Crippen molar-refractivity contribution >= 4 is 38.7 Å². The van der Waals surface area contributed by atoms with Crippen LogP contribution < -0.4 is 5.32 Å². The van der Waals surface area contributed by atoms with Gasteiger partial charge in [0.2, 0.25) is 5.91 Å². The van der Waals surface area contributed by atoms with Gasteiger partial charge in [-0.25, -0.2) is 8.42 Å². The van der Waals surface area contributed by atoms with E-state index in [-0.39, 0.29) is 22.2 Å². The Morgan fingerprint density at radius 1 is 1.50 bits per heavy atom. The van der Waals surface area contributed by atoms with Gasteiger partial charge in [0, 0.05) is 11.8 Å². The number of carbonyl (C=O) groups is 1. The molecule has 0 atom stereocenters. The summed E-state index contributed by atoms with van der Waals surface area (Å²) in [5.74, 6) is -1.83. The molecule has 0 bridgehead atoms. The van der Waals surface area contributed by atoms with E-state index in [1.807, 2.05) is 0 Å². The molecule has 0 radical (unpaired) electrons. The third kappa shape index (κ3) is 4.63. The summed E-state index contributed by atoms with van der Waals surface area (Å²) in [7, 11) is -3.58. The van der Waals surface area contributed by atoms with Crippen molar-refractivity contribution in [1.29, 1.82) is 0 Å². The molecule has 1 rings (SSSR count). The van der Waals surface area contributed by atoms with Gasteiger partial charge >= 0.3 is 0 Å². The lowest BCUT2D eigenvalue weighted by Crippen LogP contribution is -2.24. The summed E-state index contributed by atoms with van der Waals surface area (Å²) < 4.78 is 22.8. The minimum Gasteiger partial charge on any atom is -0.325 e. The number of halogens is 1. The zero-order valence-corrected chi connectivity index (χ0v) is 11.8. The molecular weight excluding hydrogens is 308 g/mol. The lowest BCUT2D eigenvalue weighted by molar-refractivity contribution is -0.384. The number of nitro groups is 1. The van der Waals surface area contributed by atoms with E-state index < -0.39 is 26.4 Å². The maximum Gasteiger partial charge on any atom is 0.289 e. The van der Waals surface area contributed by atoms with Crippen LogP contribution in [0.4, 0.5) is 11.4 Å². The van der Waals surface area contributed by atoms with E-state index in [2.05, 4.69) is 11.9 Å². The number of nitrogens with zero attached hydrogens (tertiary/aromatic N) is 1. The molecule has 1 N–H and O–H groups in total. The minimum absolute atomic E-state index is 0.0766. The van der Waals surface area contributed by atoms with E-state index in [0.717, 1.165) is 6.07 Å². The molecule has 0 spiro atoms. The van der Waals surface area contributed by atoms with E-state index >= 15 is 0 Å². The SMILES string of the molecule is C=CCS(=O)(=O)CC(=O)Nc1ccc(Cl)c([N+](=O)[O-])c1. The minimum atomic E-state index is -3.58. The number of benzene rings is 1. The molecular formula is C11H11ClN2O5S. The van der Waals surface area contributed by atoms with Crippen LogP contribution in [0.1, 0.15) is 0 Å². The molecule has 7 nitrogen and oxygen atoms in total. The monoisotopic (exact) mass is 318 g/mol. The van der Waals surface area contributed by atoms with Crippen LogP contribution in [0.5, 0.6) is 0 Å². The lowest BCUT2D eigenvalue weighted by Gasteiger charge is -2.05. The predicted molar refractivity (Wildman–Crippen MR) is 75.6 cm³/mol. The number of anilines is 1. The molecule has 0 aliphatic rings. The Balaban J connectivity index is 2.84. The summed E-state index contributed by atoms with van der Waals surface area (Å²) in [6.45, 7) is 3.28. The third-order valence-corrected chi connectivity index (χ3v) is 3.91. The average Bonchev–Trinajstić information content (AvgIpc) is 2.30. The van der Waals surface area contributed by atoms with Crippen molar-refractivity contribution in [3.8, 4) is 0 Å². The fourth-order valence-electron chi connectivity index (χ4n) is 1.37. The Hall–Kier alpha value is -1.93. The number of hydrogen-bond donors (Lipinski definition) is 1. The van der Waals surface area contributed by atoms with Crippen LogP contribution in [0.15, 0.2) is 30.9 Å². The van der Waals surface area contributed by atoms with Gasteiger partial charge in [-0.15, -0.1) is 6.58 Å².